The molecule has 1 aliphatic carbocycles. The molecule has 0 bridgehead atoms. The van der Waals surface area contributed by atoms with Gasteiger partial charge in [-0.2, -0.15) is 0 Å². The Labute approximate surface area is 148 Å². The number of allylic oxidation sites excluding steroid dienone is 1. The SMILES string of the molecule is CC[C@@H]1OC(=O)CCCCCCCC=C[C@@H]2[C@@H](O)[C@H](I)C[C@H]21. The van der Waals surface area contributed by atoms with E-state index in [1.54, 1.807) is 0 Å². The van der Waals surface area contributed by atoms with Crippen molar-refractivity contribution in [2.45, 2.75) is 80.8 Å². The quantitative estimate of drug-likeness (QED) is 0.296. The topological polar surface area (TPSA) is 46.5 Å². The van der Waals surface area contributed by atoms with Crippen LogP contribution in [0.4, 0.5) is 0 Å². The number of carbonyl (C=O) groups excluding carboxylic acids is 1. The normalized spacial score (nSPS) is 38.1. The molecular formula is C18H29IO3. The molecule has 22 heavy (non-hydrogen) atoms. The third kappa shape index (κ3) is 4.95. The molecule has 2 rings (SSSR count). The minimum Gasteiger partial charge on any atom is -0.462 e. The van der Waals surface area contributed by atoms with Gasteiger partial charge < -0.3 is 9.84 Å². The van der Waals surface area contributed by atoms with Crippen LogP contribution in [0.3, 0.4) is 0 Å². The van der Waals surface area contributed by atoms with E-state index < -0.39 is 0 Å². The smallest absolute Gasteiger partial charge is 0.306 e. The molecule has 1 aliphatic heterocycles. The molecule has 0 spiro atoms. The summed E-state index contributed by atoms with van der Waals surface area (Å²) in [4.78, 5) is 12.1. The number of halogens is 1. The zero-order valence-electron chi connectivity index (χ0n) is 13.5. The van der Waals surface area contributed by atoms with Gasteiger partial charge in [-0.15, -0.1) is 0 Å². The number of ether oxygens (including phenoxy) is 1. The number of cyclic esters (lactones) is 1. The van der Waals surface area contributed by atoms with Crippen molar-refractivity contribution < 1.29 is 14.6 Å². The molecule has 0 saturated heterocycles. The van der Waals surface area contributed by atoms with E-state index in [4.69, 9.17) is 4.74 Å². The maximum Gasteiger partial charge on any atom is 0.306 e. The van der Waals surface area contributed by atoms with E-state index in [2.05, 4.69) is 41.7 Å². The Hall–Kier alpha value is -0.100. The zero-order chi connectivity index (χ0) is 15.9. The van der Waals surface area contributed by atoms with Gasteiger partial charge in [-0.1, -0.05) is 60.9 Å². The minimum atomic E-state index is -0.317. The summed E-state index contributed by atoms with van der Waals surface area (Å²) in [6.07, 6.45) is 13.1. The van der Waals surface area contributed by atoms with Crippen LogP contribution in [0.1, 0.15) is 64.7 Å². The van der Waals surface area contributed by atoms with Crippen LogP contribution in [-0.4, -0.2) is 27.2 Å². The molecule has 1 saturated carbocycles. The molecule has 1 fully saturated rings. The van der Waals surface area contributed by atoms with Gasteiger partial charge in [0.1, 0.15) is 6.10 Å². The second-order valence-corrected chi connectivity index (χ2v) is 8.25. The molecule has 0 aromatic carbocycles. The van der Waals surface area contributed by atoms with Crippen molar-refractivity contribution in [3.63, 3.8) is 0 Å². The van der Waals surface area contributed by atoms with E-state index in [1.807, 2.05) is 0 Å². The fourth-order valence-corrected chi connectivity index (χ4v) is 4.79. The molecule has 5 atom stereocenters. The maximum absolute atomic E-state index is 12.1. The lowest BCUT2D eigenvalue weighted by atomic mass is 9.87. The van der Waals surface area contributed by atoms with E-state index in [1.165, 1.54) is 19.3 Å². The average molecular weight is 420 g/mol. The third-order valence-electron chi connectivity index (χ3n) is 5.03. The van der Waals surface area contributed by atoms with E-state index >= 15 is 0 Å². The third-order valence-corrected chi connectivity index (χ3v) is 6.27. The number of esters is 1. The Morgan fingerprint density at radius 3 is 2.77 bits per heavy atom. The van der Waals surface area contributed by atoms with Crippen LogP contribution in [0.15, 0.2) is 12.2 Å². The number of fused-ring (bicyclic) bond motifs is 1. The predicted octanol–water partition coefficient (Wildman–Crippen LogP) is 4.41. The van der Waals surface area contributed by atoms with Crippen molar-refractivity contribution >= 4 is 28.6 Å². The van der Waals surface area contributed by atoms with Crippen molar-refractivity contribution in [2.75, 3.05) is 0 Å². The number of aliphatic hydroxyl groups is 1. The van der Waals surface area contributed by atoms with Crippen molar-refractivity contribution in [2.24, 2.45) is 11.8 Å². The number of alkyl halides is 1. The fourth-order valence-electron chi connectivity index (χ4n) is 3.72. The predicted molar refractivity (Wildman–Crippen MR) is 97.0 cm³/mol. The van der Waals surface area contributed by atoms with Crippen LogP contribution in [0, 0.1) is 11.8 Å². The summed E-state index contributed by atoms with van der Waals surface area (Å²) in [5.41, 5.74) is 0. The highest BCUT2D eigenvalue weighted by atomic mass is 127. The van der Waals surface area contributed by atoms with Crippen molar-refractivity contribution in [3.8, 4) is 0 Å². The Morgan fingerprint density at radius 2 is 2.00 bits per heavy atom. The molecule has 0 unspecified atom stereocenters. The summed E-state index contributed by atoms with van der Waals surface area (Å²) < 4.78 is 6.02. The van der Waals surface area contributed by atoms with Gasteiger partial charge in [0.25, 0.3) is 0 Å². The van der Waals surface area contributed by atoms with Crippen LogP contribution in [0.5, 0.6) is 0 Å². The molecule has 1 N–H and O–H groups in total. The van der Waals surface area contributed by atoms with E-state index in [9.17, 15) is 9.90 Å². The maximum atomic E-state index is 12.1. The second kappa shape index (κ2) is 9.26. The first-order valence-electron chi connectivity index (χ1n) is 8.81. The largest absolute Gasteiger partial charge is 0.462 e. The highest BCUT2D eigenvalue weighted by molar-refractivity contribution is 14.1. The summed E-state index contributed by atoms with van der Waals surface area (Å²) in [6.45, 7) is 2.08. The number of hydrogen-bond acceptors (Lipinski definition) is 3. The summed E-state index contributed by atoms with van der Waals surface area (Å²) in [7, 11) is 0. The standard InChI is InChI=1S/C18H29IO3/c1-2-16-14-12-15(19)18(21)13(14)10-8-6-4-3-5-7-9-11-17(20)22-16/h8,10,13-16,18,21H,2-7,9,11-12H2,1H3/t13-,14+,15+,16-,18+/m0/s1. The highest BCUT2D eigenvalue weighted by Gasteiger charge is 2.44. The van der Waals surface area contributed by atoms with Crippen molar-refractivity contribution in [3.05, 3.63) is 12.2 Å². The van der Waals surface area contributed by atoms with Crippen molar-refractivity contribution in [1.29, 1.82) is 0 Å². The number of hydrogen-bond donors (Lipinski definition) is 1. The van der Waals surface area contributed by atoms with Gasteiger partial charge in [-0.3, -0.25) is 4.79 Å². The zero-order valence-corrected chi connectivity index (χ0v) is 15.7. The van der Waals surface area contributed by atoms with Crippen LogP contribution in [0.25, 0.3) is 0 Å². The fraction of sp³-hybridized carbons (Fsp3) is 0.833. The Bertz CT molecular complexity index is 383. The second-order valence-electron chi connectivity index (χ2n) is 6.65. The summed E-state index contributed by atoms with van der Waals surface area (Å²) in [5, 5.41) is 10.5. The molecule has 3 nitrogen and oxygen atoms in total. The first-order valence-corrected chi connectivity index (χ1v) is 10.1. The first kappa shape index (κ1) is 18.2. The molecule has 0 amide bonds. The van der Waals surface area contributed by atoms with Gasteiger partial charge in [0.05, 0.1) is 6.10 Å². The van der Waals surface area contributed by atoms with E-state index in [0.717, 1.165) is 32.1 Å². The molecule has 0 radical (unpaired) electrons. The summed E-state index contributed by atoms with van der Waals surface area (Å²) in [5.74, 6) is 0.325. The lowest BCUT2D eigenvalue weighted by Crippen LogP contribution is -2.31. The molecule has 0 aromatic rings. The Morgan fingerprint density at radius 1 is 1.27 bits per heavy atom. The van der Waals surface area contributed by atoms with Gasteiger partial charge in [0.15, 0.2) is 0 Å². The van der Waals surface area contributed by atoms with E-state index in [-0.39, 0.29) is 33.9 Å². The highest BCUT2D eigenvalue weighted by Crippen LogP contribution is 2.41. The van der Waals surface area contributed by atoms with Gasteiger partial charge >= 0.3 is 5.97 Å². The molecule has 126 valence electrons. The Balaban J connectivity index is 2.12. The van der Waals surface area contributed by atoms with Crippen molar-refractivity contribution in [1.82, 2.24) is 0 Å². The van der Waals surface area contributed by atoms with Crippen LogP contribution in [-0.2, 0) is 9.53 Å². The molecule has 1 heterocycles. The minimum absolute atomic E-state index is 0.0560. The lowest BCUT2D eigenvalue weighted by Gasteiger charge is -2.27. The Kier molecular flexibility index (Phi) is 7.68. The van der Waals surface area contributed by atoms with Crippen LogP contribution < -0.4 is 0 Å². The monoisotopic (exact) mass is 420 g/mol. The van der Waals surface area contributed by atoms with Gasteiger partial charge in [-0.05, 0) is 32.1 Å². The average Bonchev–Trinajstić information content (AvgIpc) is 2.78. The first-order chi connectivity index (χ1) is 10.6. The summed E-state index contributed by atoms with van der Waals surface area (Å²) >= 11 is 2.34. The molecule has 2 aliphatic rings. The van der Waals surface area contributed by atoms with Gasteiger partial charge in [-0.25, -0.2) is 0 Å². The van der Waals surface area contributed by atoms with Gasteiger partial charge in [0.2, 0.25) is 0 Å². The van der Waals surface area contributed by atoms with Gasteiger partial charge in [0, 0.05) is 22.2 Å². The molecule has 0 aromatic heterocycles. The van der Waals surface area contributed by atoms with Crippen LogP contribution >= 0.6 is 22.6 Å². The number of aliphatic hydroxyl groups excluding tert-OH is 1. The number of rotatable bonds is 1. The van der Waals surface area contributed by atoms with E-state index in [0.29, 0.717) is 6.42 Å². The van der Waals surface area contributed by atoms with Crippen LogP contribution in [0.2, 0.25) is 0 Å². The molecular weight excluding hydrogens is 391 g/mol. The molecule has 4 heteroatoms. The summed E-state index contributed by atoms with van der Waals surface area (Å²) in [6, 6.07) is 0. The number of carbonyl (C=O) groups is 1. The lowest BCUT2D eigenvalue weighted by molar-refractivity contribution is -0.153.